The molecule has 0 spiro atoms. The lowest BCUT2D eigenvalue weighted by Crippen LogP contribution is -2.45. The summed E-state index contributed by atoms with van der Waals surface area (Å²) < 4.78 is 32.0. The third kappa shape index (κ3) is 2.98. The molecule has 1 aromatic heterocycles. The van der Waals surface area contributed by atoms with Crippen molar-refractivity contribution in [1.82, 2.24) is 4.31 Å². The number of hydrogen-bond donors (Lipinski definition) is 1. The molecule has 2 aliphatic rings. The average Bonchev–Trinajstić information content (AvgIpc) is 2.95. The summed E-state index contributed by atoms with van der Waals surface area (Å²) >= 11 is 1.10. The zero-order valence-corrected chi connectivity index (χ0v) is 13.0. The van der Waals surface area contributed by atoms with Gasteiger partial charge in [0.2, 0.25) is 0 Å². The standard InChI is InChI=1S/C13H17NO5S2/c15-13(16)12-10(19-8-9-3-4-9)5-6-14(12)21(17,18)11-2-1-7-20-11/h1-2,7,9-10,12H,3-6,8H2,(H,15,16). The Morgan fingerprint density at radius 1 is 1.43 bits per heavy atom. The summed E-state index contributed by atoms with van der Waals surface area (Å²) in [6.07, 6.45) is 2.09. The average molecular weight is 331 g/mol. The van der Waals surface area contributed by atoms with Crippen LogP contribution >= 0.6 is 11.3 Å². The molecule has 1 saturated heterocycles. The van der Waals surface area contributed by atoms with Gasteiger partial charge in [-0.05, 0) is 36.6 Å². The van der Waals surface area contributed by atoms with E-state index in [0.717, 1.165) is 28.5 Å². The highest BCUT2D eigenvalue weighted by atomic mass is 32.2. The summed E-state index contributed by atoms with van der Waals surface area (Å²) in [5.41, 5.74) is 0. The van der Waals surface area contributed by atoms with Crippen molar-refractivity contribution >= 4 is 27.3 Å². The van der Waals surface area contributed by atoms with E-state index in [-0.39, 0.29) is 10.8 Å². The van der Waals surface area contributed by atoms with Crippen molar-refractivity contribution in [2.45, 2.75) is 35.6 Å². The minimum absolute atomic E-state index is 0.177. The SMILES string of the molecule is O=C(O)C1C(OCC2CC2)CCN1S(=O)(=O)c1cccs1. The molecule has 1 aliphatic carbocycles. The van der Waals surface area contributed by atoms with Gasteiger partial charge < -0.3 is 9.84 Å². The van der Waals surface area contributed by atoms with Gasteiger partial charge in [0.25, 0.3) is 10.0 Å². The number of rotatable bonds is 6. The lowest BCUT2D eigenvalue weighted by atomic mass is 10.2. The molecule has 2 unspecified atom stereocenters. The molecule has 2 fully saturated rings. The fourth-order valence-corrected chi connectivity index (χ4v) is 5.27. The van der Waals surface area contributed by atoms with Crippen LogP contribution in [0, 0.1) is 5.92 Å². The lowest BCUT2D eigenvalue weighted by Gasteiger charge is -2.23. The Morgan fingerprint density at radius 2 is 2.19 bits per heavy atom. The van der Waals surface area contributed by atoms with Crippen LogP contribution < -0.4 is 0 Å². The number of carboxylic acids is 1. The van der Waals surface area contributed by atoms with Crippen LogP contribution in [-0.4, -0.2) is 49.1 Å². The second-order valence-corrected chi connectivity index (χ2v) is 8.50. The van der Waals surface area contributed by atoms with E-state index in [0.29, 0.717) is 18.9 Å². The molecular formula is C13H17NO5S2. The molecule has 2 atom stereocenters. The first-order valence-electron chi connectivity index (χ1n) is 6.90. The maximum Gasteiger partial charge on any atom is 0.324 e. The molecule has 0 amide bonds. The van der Waals surface area contributed by atoms with Gasteiger partial charge in [0.15, 0.2) is 0 Å². The van der Waals surface area contributed by atoms with Gasteiger partial charge in [0.1, 0.15) is 10.3 Å². The third-order valence-corrected chi connectivity index (χ3v) is 7.10. The maximum atomic E-state index is 12.5. The van der Waals surface area contributed by atoms with Gasteiger partial charge in [-0.3, -0.25) is 4.79 Å². The highest BCUT2D eigenvalue weighted by Crippen LogP contribution is 2.33. The van der Waals surface area contributed by atoms with Crippen LogP contribution in [0.2, 0.25) is 0 Å². The van der Waals surface area contributed by atoms with Crippen LogP contribution in [0.1, 0.15) is 19.3 Å². The van der Waals surface area contributed by atoms with E-state index in [2.05, 4.69) is 0 Å². The van der Waals surface area contributed by atoms with Crippen molar-refractivity contribution in [1.29, 1.82) is 0 Å². The molecule has 1 saturated carbocycles. The van der Waals surface area contributed by atoms with Crippen molar-refractivity contribution in [2.24, 2.45) is 5.92 Å². The monoisotopic (exact) mass is 331 g/mol. The van der Waals surface area contributed by atoms with Crippen molar-refractivity contribution in [2.75, 3.05) is 13.2 Å². The van der Waals surface area contributed by atoms with Gasteiger partial charge in [-0.1, -0.05) is 6.07 Å². The fourth-order valence-electron chi connectivity index (χ4n) is 2.53. The second-order valence-electron chi connectivity index (χ2n) is 5.43. The van der Waals surface area contributed by atoms with E-state index in [4.69, 9.17) is 4.74 Å². The van der Waals surface area contributed by atoms with E-state index >= 15 is 0 Å². The van der Waals surface area contributed by atoms with Gasteiger partial charge in [-0.25, -0.2) is 8.42 Å². The highest BCUT2D eigenvalue weighted by Gasteiger charge is 2.47. The van der Waals surface area contributed by atoms with Crippen LogP contribution in [-0.2, 0) is 19.6 Å². The molecule has 116 valence electrons. The predicted molar refractivity (Wildman–Crippen MR) is 76.7 cm³/mol. The van der Waals surface area contributed by atoms with Crippen LogP contribution in [0.5, 0.6) is 0 Å². The van der Waals surface area contributed by atoms with E-state index in [1.165, 1.54) is 6.07 Å². The normalized spacial score (nSPS) is 27.0. The number of sulfonamides is 1. The Labute approximate surface area is 127 Å². The largest absolute Gasteiger partial charge is 0.480 e. The Bertz CT molecular complexity index is 609. The zero-order chi connectivity index (χ0) is 15.0. The number of nitrogens with zero attached hydrogens (tertiary/aromatic N) is 1. The number of hydrogen-bond acceptors (Lipinski definition) is 5. The number of thiophene rings is 1. The minimum Gasteiger partial charge on any atom is -0.480 e. The molecule has 1 aliphatic heterocycles. The Hall–Kier alpha value is -0.960. The molecule has 21 heavy (non-hydrogen) atoms. The predicted octanol–water partition coefficient (Wildman–Crippen LogP) is 1.39. The van der Waals surface area contributed by atoms with Gasteiger partial charge >= 0.3 is 5.97 Å². The molecule has 1 aromatic rings. The first-order chi connectivity index (χ1) is 10.00. The molecule has 0 aromatic carbocycles. The molecule has 0 radical (unpaired) electrons. The van der Waals surface area contributed by atoms with Crippen molar-refractivity contribution < 1.29 is 23.1 Å². The van der Waals surface area contributed by atoms with Crippen LogP contribution in [0.15, 0.2) is 21.7 Å². The molecule has 8 heteroatoms. The highest BCUT2D eigenvalue weighted by molar-refractivity contribution is 7.91. The summed E-state index contributed by atoms with van der Waals surface area (Å²) in [6, 6.07) is 2.01. The first-order valence-corrected chi connectivity index (χ1v) is 9.22. The molecule has 6 nitrogen and oxygen atoms in total. The van der Waals surface area contributed by atoms with Gasteiger partial charge in [0.05, 0.1) is 6.10 Å². The smallest absolute Gasteiger partial charge is 0.324 e. The molecular weight excluding hydrogens is 314 g/mol. The Morgan fingerprint density at radius 3 is 2.76 bits per heavy atom. The lowest BCUT2D eigenvalue weighted by molar-refractivity contribution is -0.144. The van der Waals surface area contributed by atoms with Crippen LogP contribution in [0.25, 0.3) is 0 Å². The summed E-state index contributed by atoms with van der Waals surface area (Å²) in [5, 5.41) is 11.1. The van der Waals surface area contributed by atoms with Crippen molar-refractivity contribution in [3.63, 3.8) is 0 Å². The van der Waals surface area contributed by atoms with E-state index in [9.17, 15) is 18.3 Å². The molecule has 0 bridgehead atoms. The van der Waals surface area contributed by atoms with E-state index in [1.807, 2.05) is 0 Å². The molecule has 1 N–H and O–H groups in total. The second kappa shape index (κ2) is 5.68. The zero-order valence-electron chi connectivity index (χ0n) is 11.3. The van der Waals surface area contributed by atoms with Crippen LogP contribution in [0.4, 0.5) is 0 Å². The number of carbonyl (C=O) groups is 1. The summed E-state index contributed by atoms with van der Waals surface area (Å²) in [6.45, 7) is 0.716. The fraction of sp³-hybridized carbons (Fsp3) is 0.615. The third-order valence-electron chi connectivity index (χ3n) is 3.85. The quantitative estimate of drug-likeness (QED) is 0.851. The first kappa shape index (κ1) is 15.0. The van der Waals surface area contributed by atoms with Gasteiger partial charge in [-0.15, -0.1) is 11.3 Å². The van der Waals surface area contributed by atoms with E-state index in [1.54, 1.807) is 11.4 Å². The summed E-state index contributed by atoms with van der Waals surface area (Å²) in [4.78, 5) is 11.5. The summed E-state index contributed by atoms with van der Waals surface area (Å²) in [7, 11) is -3.75. The van der Waals surface area contributed by atoms with Gasteiger partial charge in [-0.2, -0.15) is 4.31 Å². The Kier molecular flexibility index (Phi) is 4.04. The van der Waals surface area contributed by atoms with Gasteiger partial charge in [0, 0.05) is 13.2 Å². The minimum atomic E-state index is -3.75. The Balaban J connectivity index is 1.79. The van der Waals surface area contributed by atoms with Crippen molar-refractivity contribution in [3.8, 4) is 0 Å². The van der Waals surface area contributed by atoms with E-state index < -0.39 is 28.1 Å². The molecule has 2 heterocycles. The number of ether oxygens (including phenoxy) is 1. The topological polar surface area (TPSA) is 83.9 Å². The summed E-state index contributed by atoms with van der Waals surface area (Å²) in [5.74, 6) is -0.629. The van der Waals surface area contributed by atoms with Crippen LogP contribution in [0.3, 0.4) is 0 Å². The number of aliphatic carboxylic acids is 1. The van der Waals surface area contributed by atoms with Crippen molar-refractivity contribution in [3.05, 3.63) is 17.5 Å². The molecule has 3 rings (SSSR count). The maximum absolute atomic E-state index is 12.5. The number of carboxylic acid groups (broad SMARTS) is 1.